The second-order valence-electron chi connectivity index (χ2n) is 9.24. The Morgan fingerprint density at radius 1 is 1.11 bits per heavy atom. The number of benzene rings is 1. The molecule has 36 heavy (non-hydrogen) atoms. The quantitative estimate of drug-likeness (QED) is 0.537. The van der Waals surface area contributed by atoms with Gasteiger partial charge in [0.05, 0.1) is 35.1 Å². The van der Waals surface area contributed by atoms with Crippen LogP contribution < -0.4 is 16.6 Å². The highest BCUT2D eigenvalue weighted by Crippen LogP contribution is 2.27. The Hall–Kier alpha value is -3.02. The Kier molecular flexibility index (Phi) is 8.22. The number of nitrogens with zero attached hydrogens (tertiary/aromatic N) is 4. The maximum Gasteiger partial charge on any atom is 0.352 e. The van der Waals surface area contributed by atoms with Crippen molar-refractivity contribution < 1.29 is 19.4 Å². The zero-order chi connectivity index (χ0) is 25.7. The first-order chi connectivity index (χ1) is 17.3. The van der Waals surface area contributed by atoms with Crippen LogP contribution >= 0.6 is 11.6 Å². The van der Waals surface area contributed by atoms with Gasteiger partial charge in [0.2, 0.25) is 5.91 Å². The third-order valence-electron chi connectivity index (χ3n) is 6.67. The number of amides is 2. The third-order valence-corrected chi connectivity index (χ3v) is 7.00. The van der Waals surface area contributed by atoms with E-state index < -0.39 is 29.3 Å². The third kappa shape index (κ3) is 6.03. The summed E-state index contributed by atoms with van der Waals surface area (Å²) in [5.41, 5.74) is -2.18. The number of nitrogens with one attached hydrogen (secondary N) is 1. The molecule has 1 saturated heterocycles. The molecule has 2 aromatic rings. The van der Waals surface area contributed by atoms with Crippen molar-refractivity contribution in [3.63, 3.8) is 0 Å². The summed E-state index contributed by atoms with van der Waals surface area (Å²) in [6.45, 7) is 1.23. The van der Waals surface area contributed by atoms with E-state index in [9.17, 15) is 24.3 Å². The van der Waals surface area contributed by atoms with Crippen molar-refractivity contribution in [3.05, 3.63) is 55.8 Å². The van der Waals surface area contributed by atoms with E-state index in [2.05, 4.69) is 10.4 Å². The van der Waals surface area contributed by atoms with Crippen LogP contribution in [0, 0.1) is 0 Å². The molecule has 2 N–H and O–H groups in total. The van der Waals surface area contributed by atoms with Gasteiger partial charge in [-0.1, -0.05) is 37.3 Å². The molecule has 2 amide bonds. The first kappa shape index (κ1) is 26.1. The molecule has 0 bridgehead atoms. The van der Waals surface area contributed by atoms with Gasteiger partial charge in [0.15, 0.2) is 0 Å². The topological polar surface area (TPSA) is 136 Å². The summed E-state index contributed by atoms with van der Waals surface area (Å²) in [6, 6.07) is 4.33. The van der Waals surface area contributed by atoms with Crippen LogP contribution in [0.2, 0.25) is 5.02 Å². The van der Waals surface area contributed by atoms with Gasteiger partial charge >= 0.3 is 5.69 Å². The predicted octanol–water partition coefficient (Wildman–Crippen LogP) is 0.721. The highest BCUT2D eigenvalue weighted by Gasteiger charge is 2.29. The fourth-order valence-corrected chi connectivity index (χ4v) is 4.73. The first-order valence-corrected chi connectivity index (χ1v) is 12.5. The maximum atomic E-state index is 13.1. The van der Waals surface area contributed by atoms with E-state index in [-0.39, 0.29) is 28.7 Å². The molecule has 11 nitrogen and oxygen atoms in total. The first-order valence-electron chi connectivity index (χ1n) is 12.1. The molecule has 1 aromatic heterocycles. The summed E-state index contributed by atoms with van der Waals surface area (Å²) in [6.07, 6.45) is 6.11. The van der Waals surface area contributed by atoms with Crippen LogP contribution in [0.4, 0.5) is 0 Å². The molecular weight excluding hydrogens is 490 g/mol. The van der Waals surface area contributed by atoms with E-state index in [0.29, 0.717) is 39.1 Å². The molecule has 1 saturated carbocycles. The second-order valence-corrected chi connectivity index (χ2v) is 9.65. The average molecular weight is 520 g/mol. The fraction of sp³-hybridized carbons (Fsp3) is 0.542. The van der Waals surface area contributed by atoms with Crippen LogP contribution in [0.3, 0.4) is 0 Å². The minimum atomic E-state index is -0.961. The summed E-state index contributed by atoms with van der Waals surface area (Å²) in [4.78, 5) is 52.5. The summed E-state index contributed by atoms with van der Waals surface area (Å²) in [5.74, 6) is -0.869. The number of aromatic nitrogens is 3. The van der Waals surface area contributed by atoms with Crippen LogP contribution in [0.1, 0.15) is 48.9 Å². The van der Waals surface area contributed by atoms with Crippen LogP contribution in [0.25, 0.3) is 5.69 Å². The largest absolute Gasteiger partial charge is 0.388 e. The van der Waals surface area contributed by atoms with Gasteiger partial charge < -0.3 is 20.1 Å². The Bertz CT molecular complexity index is 1230. The monoisotopic (exact) mass is 519 g/mol. The van der Waals surface area contributed by atoms with Crippen molar-refractivity contribution >= 4 is 23.4 Å². The normalized spacial score (nSPS) is 17.9. The van der Waals surface area contributed by atoms with Crippen molar-refractivity contribution in [2.75, 3.05) is 32.8 Å². The van der Waals surface area contributed by atoms with Crippen molar-refractivity contribution in [1.29, 1.82) is 0 Å². The molecular formula is C24H30ClN5O6. The summed E-state index contributed by atoms with van der Waals surface area (Å²) in [5, 5.41) is 17.7. The lowest BCUT2D eigenvalue weighted by molar-refractivity contribution is -0.136. The number of halogens is 1. The molecule has 1 aliphatic carbocycles. The summed E-state index contributed by atoms with van der Waals surface area (Å²) < 4.78 is 6.98. The Labute approximate surface area is 212 Å². The molecule has 1 aromatic carbocycles. The van der Waals surface area contributed by atoms with Gasteiger partial charge in [0, 0.05) is 19.6 Å². The van der Waals surface area contributed by atoms with E-state index in [1.54, 1.807) is 0 Å². The van der Waals surface area contributed by atoms with E-state index in [1.807, 2.05) is 0 Å². The highest BCUT2D eigenvalue weighted by atomic mass is 35.5. The summed E-state index contributed by atoms with van der Waals surface area (Å²) in [7, 11) is 0. The lowest BCUT2D eigenvalue weighted by Gasteiger charge is -2.27. The minimum Gasteiger partial charge on any atom is -0.388 e. The van der Waals surface area contributed by atoms with Gasteiger partial charge in [-0.2, -0.15) is 9.78 Å². The fourth-order valence-electron chi connectivity index (χ4n) is 4.53. The molecule has 194 valence electrons. The number of carbonyl (C=O) groups is 2. The SMILES string of the molecule is O=C(NCC1(O)CCCCCC1)c1cc(-n2ncc(=O)n(CC(=O)N3CCOCC3)c2=O)ccc1Cl. The number of carbonyl (C=O) groups excluding carboxylic acids is 2. The van der Waals surface area contributed by atoms with Gasteiger partial charge in [-0.15, -0.1) is 0 Å². The van der Waals surface area contributed by atoms with E-state index >= 15 is 0 Å². The molecule has 0 unspecified atom stereocenters. The van der Waals surface area contributed by atoms with E-state index in [1.165, 1.54) is 23.1 Å². The lowest BCUT2D eigenvalue weighted by Crippen LogP contribution is -2.47. The van der Waals surface area contributed by atoms with Gasteiger partial charge in [0.25, 0.3) is 11.5 Å². The number of morpholine rings is 1. The van der Waals surface area contributed by atoms with E-state index in [4.69, 9.17) is 16.3 Å². The van der Waals surface area contributed by atoms with Crippen LogP contribution in [-0.2, 0) is 16.1 Å². The van der Waals surface area contributed by atoms with E-state index in [0.717, 1.165) is 41.1 Å². The van der Waals surface area contributed by atoms with Gasteiger partial charge in [-0.25, -0.2) is 9.36 Å². The number of hydrogen-bond acceptors (Lipinski definition) is 7. The zero-order valence-electron chi connectivity index (χ0n) is 19.9. The maximum absolute atomic E-state index is 13.1. The molecule has 0 spiro atoms. The molecule has 4 rings (SSSR count). The highest BCUT2D eigenvalue weighted by molar-refractivity contribution is 6.33. The molecule has 0 atom stereocenters. The van der Waals surface area contributed by atoms with Crippen LogP contribution in [-0.4, -0.2) is 74.6 Å². The Morgan fingerprint density at radius 3 is 2.50 bits per heavy atom. The van der Waals surface area contributed by atoms with Crippen molar-refractivity contribution in [3.8, 4) is 5.69 Å². The zero-order valence-corrected chi connectivity index (χ0v) is 20.7. The van der Waals surface area contributed by atoms with Gasteiger partial charge in [0.1, 0.15) is 12.7 Å². The van der Waals surface area contributed by atoms with Crippen LogP contribution in [0.15, 0.2) is 34.0 Å². The standard InChI is InChI=1S/C24H30ClN5O6/c25-19-6-5-17(13-18(19)22(33)26-16-24(35)7-3-1-2-4-8-24)30-23(34)29(20(31)14-27-30)15-21(32)28-9-11-36-12-10-28/h5-6,13-14,35H,1-4,7-12,15-16H2,(H,26,33). The predicted molar refractivity (Wildman–Crippen MR) is 131 cm³/mol. The average Bonchev–Trinajstić information content (AvgIpc) is 3.11. The molecule has 2 fully saturated rings. The lowest BCUT2D eigenvalue weighted by atomic mass is 9.94. The van der Waals surface area contributed by atoms with Crippen molar-refractivity contribution in [2.45, 2.75) is 50.7 Å². The number of aliphatic hydroxyl groups is 1. The van der Waals surface area contributed by atoms with Crippen molar-refractivity contribution in [1.82, 2.24) is 24.6 Å². The van der Waals surface area contributed by atoms with Gasteiger partial charge in [-0.3, -0.25) is 14.4 Å². The smallest absolute Gasteiger partial charge is 0.352 e. The summed E-state index contributed by atoms with van der Waals surface area (Å²) >= 11 is 6.27. The molecule has 0 radical (unpaired) electrons. The Balaban J connectivity index is 1.55. The minimum absolute atomic E-state index is 0.0963. The van der Waals surface area contributed by atoms with Crippen LogP contribution in [0.5, 0.6) is 0 Å². The van der Waals surface area contributed by atoms with Crippen molar-refractivity contribution in [2.24, 2.45) is 0 Å². The molecule has 2 aliphatic rings. The number of rotatable bonds is 6. The molecule has 2 heterocycles. The Morgan fingerprint density at radius 2 is 1.81 bits per heavy atom. The molecule has 12 heteroatoms. The van der Waals surface area contributed by atoms with Gasteiger partial charge in [-0.05, 0) is 31.0 Å². The second kappa shape index (κ2) is 11.4. The number of hydrogen-bond donors (Lipinski definition) is 2. The molecule has 1 aliphatic heterocycles. The number of ether oxygens (including phenoxy) is 1.